The average Bonchev–Trinajstić information content (AvgIpc) is 3.01. The van der Waals surface area contributed by atoms with Crippen molar-refractivity contribution in [3.05, 3.63) is 16.7 Å². The summed E-state index contributed by atoms with van der Waals surface area (Å²) in [5.74, 6) is -0.000521. The SMILES string of the molecule is O=S(=O)(c1c(Cl)nc2sccn12)N1CCC(CO)C1. The molecule has 0 bridgehead atoms. The molecule has 2 aromatic heterocycles. The molecule has 1 N–H and O–H groups in total. The Hall–Kier alpha value is -0.670. The summed E-state index contributed by atoms with van der Waals surface area (Å²) in [7, 11) is -3.67. The molecule has 1 unspecified atom stereocenters. The van der Waals surface area contributed by atoms with Crippen LogP contribution < -0.4 is 0 Å². The van der Waals surface area contributed by atoms with Crippen LogP contribution in [0.2, 0.25) is 5.15 Å². The van der Waals surface area contributed by atoms with E-state index < -0.39 is 10.0 Å². The quantitative estimate of drug-likeness (QED) is 0.917. The lowest BCUT2D eigenvalue weighted by molar-refractivity contribution is 0.233. The molecule has 1 aliphatic rings. The largest absolute Gasteiger partial charge is 0.396 e. The molecule has 0 spiro atoms. The molecule has 1 fully saturated rings. The standard InChI is InChI=1S/C10H12ClN3O3S2/c11-8-9(14-3-4-18-10(14)12-8)19(16,17)13-2-1-7(5-13)6-15/h3-4,7,15H,1-2,5-6H2. The monoisotopic (exact) mass is 321 g/mol. The molecule has 2 aromatic rings. The van der Waals surface area contributed by atoms with E-state index in [1.54, 1.807) is 11.6 Å². The highest BCUT2D eigenvalue weighted by molar-refractivity contribution is 7.89. The molecule has 19 heavy (non-hydrogen) atoms. The van der Waals surface area contributed by atoms with Gasteiger partial charge in [-0.3, -0.25) is 4.40 Å². The molecule has 9 heteroatoms. The van der Waals surface area contributed by atoms with Gasteiger partial charge in [0.15, 0.2) is 15.1 Å². The highest BCUT2D eigenvalue weighted by atomic mass is 35.5. The lowest BCUT2D eigenvalue weighted by Crippen LogP contribution is -2.30. The van der Waals surface area contributed by atoms with Crippen LogP contribution >= 0.6 is 22.9 Å². The zero-order valence-corrected chi connectivity index (χ0v) is 12.2. The minimum absolute atomic E-state index is 0.0000185. The van der Waals surface area contributed by atoms with Crippen molar-refractivity contribution in [3.8, 4) is 0 Å². The van der Waals surface area contributed by atoms with Crippen LogP contribution in [0.25, 0.3) is 4.96 Å². The van der Waals surface area contributed by atoms with Gasteiger partial charge in [0.2, 0.25) is 0 Å². The minimum Gasteiger partial charge on any atom is -0.396 e. The number of fused-ring (bicyclic) bond motifs is 1. The third-order valence-electron chi connectivity index (χ3n) is 3.27. The number of imidazole rings is 1. The Bertz CT molecular complexity index is 709. The number of aliphatic hydroxyl groups is 1. The van der Waals surface area contributed by atoms with Crippen molar-refractivity contribution in [2.45, 2.75) is 11.4 Å². The number of hydrogen-bond acceptors (Lipinski definition) is 5. The first kappa shape index (κ1) is 13.3. The van der Waals surface area contributed by atoms with E-state index in [4.69, 9.17) is 16.7 Å². The number of aliphatic hydroxyl groups excluding tert-OH is 1. The lowest BCUT2D eigenvalue weighted by atomic mass is 10.1. The molecule has 3 rings (SSSR count). The molecule has 0 saturated carbocycles. The van der Waals surface area contributed by atoms with Crippen molar-refractivity contribution >= 4 is 37.9 Å². The van der Waals surface area contributed by atoms with Crippen LogP contribution in [0.5, 0.6) is 0 Å². The van der Waals surface area contributed by atoms with Crippen LogP contribution in [0.1, 0.15) is 6.42 Å². The molecule has 1 saturated heterocycles. The van der Waals surface area contributed by atoms with Gasteiger partial charge in [-0.2, -0.15) is 4.31 Å². The predicted octanol–water partition coefficient (Wildman–Crippen LogP) is 1.05. The number of nitrogens with zero attached hydrogens (tertiary/aromatic N) is 3. The lowest BCUT2D eigenvalue weighted by Gasteiger charge is -2.15. The number of aromatic nitrogens is 2. The number of thiazole rings is 1. The van der Waals surface area contributed by atoms with Crippen molar-refractivity contribution in [3.63, 3.8) is 0 Å². The Morgan fingerprint density at radius 1 is 1.58 bits per heavy atom. The van der Waals surface area contributed by atoms with Gasteiger partial charge < -0.3 is 5.11 Å². The molecule has 0 radical (unpaired) electrons. The van der Waals surface area contributed by atoms with Crippen LogP contribution in [0.3, 0.4) is 0 Å². The smallest absolute Gasteiger partial charge is 0.262 e. The summed E-state index contributed by atoms with van der Waals surface area (Å²) in [6.07, 6.45) is 2.31. The molecule has 0 aromatic carbocycles. The Morgan fingerprint density at radius 3 is 3.05 bits per heavy atom. The highest BCUT2D eigenvalue weighted by Gasteiger charge is 2.36. The van der Waals surface area contributed by atoms with Gasteiger partial charge in [-0.15, -0.1) is 11.3 Å². The molecule has 104 valence electrons. The van der Waals surface area contributed by atoms with E-state index in [2.05, 4.69) is 4.98 Å². The van der Waals surface area contributed by atoms with Gasteiger partial charge in [-0.05, 0) is 12.3 Å². The van der Waals surface area contributed by atoms with E-state index in [9.17, 15) is 8.42 Å². The van der Waals surface area contributed by atoms with Crippen molar-refractivity contribution in [2.75, 3.05) is 19.7 Å². The Balaban J connectivity index is 2.05. The third kappa shape index (κ3) is 2.07. The fourth-order valence-electron chi connectivity index (χ4n) is 2.26. The third-order valence-corrected chi connectivity index (χ3v) is 6.29. The van der Waals surface area contributed by atoms with E-state index in [0.29, 0.717) is 24.5 Å². The first-order valence-electron chi connectivity index (χ1n) is 5.76. The van der Waals surface area contributed by atoms with Gasteiger partial charge in [0.25, 0.3) is 10.0 Å². The normalized spacial score (nSPS) is 21.5. The second kappa shape index (κ2) is 4.71. The molecule has 0 aliphatic carbocycles. The first-order chi connectivity index (χ1) is 9.04. The van der Waals surface area contributed by atoms with Crippen molar-refractivity contribution in [1.29, 1.82) is 0 Å². The molecular weight excluding hydrogens is 310 g/mol. The molecule has 6 nitrogen and oxygen atoms in total. The van der Waals surface area contributed by atoms with Gasteiger partial charge in [-0.25, -0.2) is 13.4 Å². The Kier molecular flexibility index (Phi) is 3.30. The summed E-state index contributed by atoms with van der Waals surface area (Å²) in [5, 5.41) is 10.9. The van der Waals surface area contributed by atoms with Crippen molar-refractivity contribution < 1.29 is 13.5 Å². The summed E-state index contributed by atoms with van der Waals surface area (Å²) in [6, 6.07) is 0. The van der Waals surface area contributed by atoms with Gasteiger partial charge in [0, 0.05) is 31.3 Å². The first-order valence-corrected chi connectivity index (χ1v) is 8.46. The summed E-state index contributed by atoms with van der Waals surface area (Å²) >= 11 is 7.29. The van der Waals surface area contributed by atoms with Crippen LogP contribution in [0, 0.1) is 5.92 Å². The van der Waals surface area contributed by atoms with E-state index in [1.807, 2.05) is 0 Å². The van der Waals surface area contributed by atoms with Crippen LogP contribution in [0.15, 0.2) is 16.6 Å². The molecule has 3 heterocycles. The van der Waals surface area contributed by atoms with E-state index in [0.717, 1.165) is 0 Å². The molecule has 1 aliphatic heterocycles. The molecule has 0 amide bonds. The molecular formula is C10H12ClN3O3S2. The van der Waals surface area contributed by atoms with Crippen molar-refractivity contribution in [2.24, 2.45) is 5.92 Å². The van der Waals surface area contributed by atoms with E-state index in [-0.39, 0.29) is 22.7 Å². The summed E-state index contributed by atoms with van der Waals surface area (Å²) in [4.78, 5) is 4.60. The predicted molar refractivity (Wildman–Crippen MR) is 72.0 cm³/mol. The highest BCUT2D eigenvalue weighted by Crippen LogP contribution is 2.30. The topological polar surface area (TPSA) is 74.9 Å². The fraction of sp³-hybridized carbons (Fsp3) is 0.500. The summed E-state index contributed by atoms with van der Waals surface area (Å²) in [6.45, 7) is 0.730. The van der Waals surface area contributed by atoms with Gasteiger partial charge >= 0.3 is 0 Å². The van der Waals surface area contributed by atoms with Crippen LogP contribution in [-0.4, -0.2) is 46.9 Å². The number of halogens is 1. The zero-order chi connectivity index (χ0) is 13.6. The molecule has 1 atom stereocenters. The van der Waals surface area contributed by atoms with E-state index >= 15 is 0 Å². The number of hydrogen-bond donors (Lipinski definition) is 1. The van der Waals surface area contributed by atoms with Gasteiger partial charge in [0.05, 0.1) is 0 Å². The van der Waals surface area contributed by atoms with Gasteiger partial charge in [0.1, 0.15) is 0 Å². The fourth-order valence-corrected chi connectivity index (χ4v) is 5.19. The van der Waals surface area contributed by atoms with Crippen molar-refractivity contribution in [1.82, 2.24) is 13.7 Å². The average molecular weight is 322 g/mol. The maximum Gasteiger partial charge on any atom is 0.262 e. The summed E-state index contributed by atoms with van der Waals surface area (Å²) < 4.78 is 28.0. The Labute approximate surface area is 119 Å². The minimum atomic E-state index is -3.67. The zero-order valence-electron chi connectivity index (χ0n) is 9.86. The maximum atomic E-state index is 12.6. The number of rotatable bonds is 3. The second-order valence-electron chi connectivity index (χ2n) is 4.46. The Morgan fingerprint density at radius 2 is 2.37 bits per heavy atom. The van der Waals surface area contributed by atoms with Crippen LogP contribution in [0.4, 0.5) is 0 Å². The second-order valence-corrected chi connectivity index (χ2v) is 7.55. The van der Waals surface area contributed by atoms with Crippen LogP contribution in [-0.2, 0) is 10.0 Å². The maximum absolute atomic E-state index is 12.6. The number of sulfonamides is 1. The summed E-state index contributed by atoms with van der Waals surface area (Å²) in [5.41, 5.74) is 0. The van der Waals surface area contributed by atoms with Gasteiger partial charge in [-0.1, -0.05) is 11.6 Å². The van der Waals surface area contributed by atoms with E-state index in [1.165, 1.54) is 20.0 Å².